The highest BCUT2D eigenvalue weighted by Gasteiger charge is 2.17. The summed E-state index contributed by atoms with van der Waals surface area (Å²) in [6.45, 7) is 0. The van der Waals surface area contributed by atoms with Gasteiger partial charge in [0.05, 0.1) is 17.1 Å². The largest absolute Gasteiger partial charge is 0.259 e. The molecular weight excluding hydrogens is 256 g/mol. The van der Waals surface area contributed by atoms with Gasteiger partial charge in [0.1, 0.15) is 0 Å². The fourth-order valence-electron chi connectivity index (χ4n) is 2.75. The maximum atomic E-state index is 4.90. The third kappa shape index (κ3) is 2.15. The maximum absolute atomic E-state index is 4.90. The van der Waals surface area contributed by atoms with Gasteiger partial charge in [-0.1, -0.05) is 54.6 Å². The van der Waals surface area contributed by atoms with Gasteiger partial charge in [0, 0.05) is 23.7 Å². The van der Waals surface area contributed by atoms with Gasteiger partial charge < -0.3 is 0 Å². The molecule has 0 unspecified atom stereocenters. The lowest BCUT2D eigenvalue weighted by atomic mass is 9.96. The van der Waals surface area contributed by atoms with Crippen molar-refractivity contribution in [1.29, 1.82) is 0 Å². The Balaban J connectivity index is 2.00. The molecule has 1 aliphatic rings. The smallest absolute Gasteiger partial charge is 0.0856 e. The summed E-state index contributed by atoms with van der Waals surface area (Å²) in [7, 11) is 0. The molecule has 0 saturated heterocycles. The minimum Gasteiger partial charge on any atom is -0.259 e. The van der Waals surface area contributed by atoms with Crippen molar-refractivity contribution >= 4 is 11.4 Å². The zero-order valence-electron chi connectivity index (χ0n) is 11.5. The quantitative estimate of drug-likeness (QED) is 0.510. The second-order valence-electron chi connectivity index (χ2n) is 5.13. The average Bonchev–Trinajstić information content (AvgIpc) is 2.72. The fourth-order valence-corrected chi connectivity index (χ4v) is 2.75. The molecular formula is C19H14N2. The Morgan fingerprint density at radius 3 is 2.48 bits per heavy atom. The molecule has 1 aromatic heterocycles. The monoisotopic (exact) mass is 270 g/mol. The van der Waals surface area contributed by atoms with Crippen molar-refractivity contribution in [3.05, 3.63) is 95.3 Å². The van der Waals surface area contributed by atoms with Gasteiger partial charge in [-0.25, -0.2) is 4.99 Å². The van der Waals surface area contributed by atoms with E-state index in [2.05, 4.69) is 53.5 Å². The summed E-state index contributed by atoms with van der Waals surface area (Å²) in [6.07, 6.45) is 2.66. The number of aliphatic imine (C=N–C) groups is 1. The molecule has 4 rings (SSSR count). The van der Waals surface area contributed by atoms with Crippen molar-refractivity contribution in [3.8, 4) is 0 Å². The highest BCUT2D eigenvalue weighted by atomic mass is 14.8. The molecule has 2 heterocycles. The number of aromatic nitrogens is 1. The Bertz CT molecular complexity index is 820. The lowest BCUT2D eigenvalue weighted by molar-refractivity contribution is 1.08. The second kappa shape index (κ2) is 4.98. The summed E-state index contributed by atoms with van der Waals surface area (Å²) < 4.78 is 0. The molecule has 21 heavy (non-hydrogen) atoms. The van der Waals surface area contributed by atoms with E-state index in [1.807, 2.05) is 24.4 Å². The molecule has 2 aromatic carbocycles. The first kappa shape index (κ1) is 12.0. The van der Waals surface area contributed by atoms with Gasteiger partial charge in [0.25, 0.3) is 0 Å². The van der Waals surface area contributed by atoms with Crippen molar-refractivity contribution in [2.75, 3.05) is 0 Å². The molecule has 1 aliphatic heterocycles. The van der Waals surface area contributed by atoms with Crippen LogP contribution in [0.25, 0.3) is 0 Å². The van der Waals surface area contributed by atoms with Crippen molar-refractivity contribution in [3.63, 3.8) is 0 Å². The van der Waals surface area contributed by atoms with E-state index < -0.39 is 0 Å². The third-order valence-corrected chi connectivity index (χ3v) is 3.78. The summed E-state index contributed by atoms with van der Waals surface area (Å²) >= 11 is 0. The predicted octanol–water partition coefficient (Wildman–Crippen LogP) is 4.15. The van der Waals surface area contributed by atoms with Crippen molar-refractivity contribution in [2.45, 2.75) is 6.42 Å². The second-order valence-corrected chi connectivity index (χ2v) is 5.13. The Hall–Kier alpha value is -2.74. The summed E-state index contributed by atoms with van der Waals surface area (Å²) in [5, 5.41) is 0. The number of fused-ring (bicyclic) bond motifs is 2. The summed E-state index contributed by atoms with van der Waals surface area (Å²) in [5.41, 5.74) is 6.64. The van der Waals surface area contributed by atoms with Gasteiger partial charge in [-0.15, -0.1) is 0 Å². The molecule has 2 heteroatoms. The Morgan fingerprint density at radius 2 is 1.57 bits per heavy atom. The van der Waals surface area contributed by atoms with Crippen LogP contribution in [0.15, 0.2) is 77.9 Å². The molecule has 0 aliphatic carbocycles. The van der Waals surface area contributed by atoms with Crippen LogP contribution >= 0.6 is 0 Å². The van der Waals surface area contributed by atoms with Gasteiger partial charge in [0.15, 0.2) is 0 Å². The highest BCUT2D eigenvalue weighted by molar-refractivity contribution is 6.15. The first-order valence-electron chi connectivity index (χ1n) is 7.08. The number of hydrogen-bond acceptors (Lipinski definition) is 2. The van der Waals surface area contributed by atoms with Crippen LogP contribution in [-0.4, -0.2) is 10.7 Å². The molecule has 0 amide bonds. The van der Waals surface area contributed by atoms with E-state index in [0.717, 1.165) is 29.1 Å². The van der Waals surface area contributed by atoms with E-state index in [9.17, 15) is 0 Å². The molecule has 0 bridgehead atoms. The lowest BCUT2D eigenvalue weighted by Gasteiger charge is -2.09. The minimum atomic E-state index is 0.826. The zero-order chi connectivity index (χ0) is 14.1. The van der Waals surface area contributed by atoms with E-state index >= 15 is 0 Å². The zero-order valence-corrected chi connectivity index (χ0v) is 11.5. The molecule has 0 N–H and O–H groups in total. The van der Waals surface area contributed by atoms with E-state index in [-0.39, 0.29) is 0 Å². The first-order chi connectivity index (χ1) is 10.4. The molecule has 3 aromatic rings. The molecule has 0 fully saturated rings. The predicted molar refractivity (Wildman–Crippen MR) is 85.2 cm³/mol. The number of nitrogens with zero attached hydrogens (tertiary/aromatic N) is 2. The molecule has 0 radical (unpaired) electrons. The van der Waals surface area contributed by atoms with Crippen LogP contribution in [-0.2, 0) is 6.42 Å². The SMILES string of the molecule is c1ccc(C2=Nc3cccnc3Cc3ccccc32)cc1. The normalized spacial score (nSPS) is 12.9. The van der Waals surface area contributed by atoms with E-state index in [0.29, 0.717) is 0 Å². The van der Waals surface area contributed by atoms with E-state index in [4.69, 9.17) is 4.99 Å². The van der Waals surface area contributed by atoms with Crippen LogP contribution in [0, 0.1) is 0 Å². The summed E-state index contributed by atoms with van der Waals surface area (Å²) in [6, 6.07) is 22.8. The Morgan fingerprint density at radius 1 is 0.762 bits per heavy atom. The number of rotatable bonds is 1. The van der Waals surface area contributed by atoms with E-state index in [1.165, 1.54) is 11.1 Å². The fraction of sp³-hybridized carbons (Fsp3) is 0.0526. The van der Waals surface area contributed by atoms with Crippen LogP contribution < -0.4 is 0 Å². The molecule has 2 nitrogen and oxygen atoms in total. The Kier molecular flexibility index (Phi) is 2.86. The lowest BCUT2D eigenvalue weighted by Crippen LogP contribution is -2.05. The van der Waals surface area contributed by atoms with Gasteiger partial charge in [-0.3, -0.25) is 4.98 Å². The Labute approximate surface area is 123 Å². The highest BCUT2D eigenvalue weighted by Crippen LogP contribution is 2.29. The van der Waals surface area contributed by atoms with Gasteiger partial charge in [0.2, 0.25) is 0 Å². The van der Waals surface area contributed by atoms with Crippen molar-refractivity contribution in [1.82, 2.24) is 4.98 Å². The molecule has 0 saturated carbocycles. The van der Waals surface area contributed by atoms with Crippen LogP contribution in [0.3, 0.4) is 0 Å². The van der Waals surface area contributed by atoms with Gasteiger partial charge in [-0.2, -0.15) is 0 Å². The van der Waals surface area contributed by atoms with Crippen molar-refractivity contribution in [2.24, 2.45) is 4.99 Å². The van der Waals surface area contributed by atoms with Crippen LogP contribution in [0.5, 0.6) is 0 Å². The molecule has 0 atom stereocenters. The first-order valence-corrected chi connectivity index (χ1v) is 7.08. The summed E-state index contributed by atoms with van der Waals surface area (Å²) in [5.74, 6) is 0. The number of pyridine rings is 1. The summed E-state index contributed by atoms with van der Waals surface area (Å²) in [4.78, 5) is 9.40. The van der Waals surface area contributed by atoms with Gasteiger partial charge in [-0.05, 0) is 17.7 Å². The average molecular weight is 270 g/mol. The van der Waals surface area contributed by atoms with Crippen LogP contribution in [0.1, 0.15) is 22.4 Å². The number of benzene rings is 2. The van der Waals surface area contributed by atoms with Crippen molar-refractivity contribution < 1.29 is 0 Å². The molecule has 0 spiro atoms. The number of hydrogen-bond donors (Lipinski definition) is 0. The van der Waals surface area contributed by atoms with Crippen LogP contribution in [0.2, 0.25) is 0 Å². The maximum Gasteiger partial charge on any atom is 0.0856 e. The molecule has 100 valence electrons. The van der Waals surface area contributed by atoms with Gasteiger partial charge >= 0.3 is 0 Å². The third-order valence-electron chi connectivity index (χ3n) is 3.78. The van der Waals surface area contributed by atoms with Crippen LogP contribution in [0.4, 0.5) is 5.69 Å². The standard InChI is InChI=1S/C19H14N2/c1-2-7-14(8-3-1)19-16-10-5-4-9-15(16)13-18-17(21-19)11-6-12-20-18/h1-12H,13H2. The topological polar surface area (TPSA) is 25.2 Å². The van der Waals surface area contributed by atoms with E-state index in [1.54, 1.807) is 0 Å². The minimum absolute atomic E-state index is 0.826.